The molecule has 2 aromatic carbocycles. The fourth-order valence-corrected chi connectivity index (χ4v) is 16.8. The van der Waals surface area contributed by atoms with Gasteiger partial charge in [0.1, 0.15) is 26.3 Å². The Hall–Kier alpha value is -13.2. The predicted molar refractivity (Wildman–Crippen MR) is 454 cm³/mol. The van der Waals surface area contributed by atoms with Crippen molar-refractivity contribution in [3.63, 3.8) is 0 Å². The maximum Gasteiger partial charge on any atom is 0.355 e. The van der Waals surface area contributed by atoms with Crippen LogP contribution in [-0.4, -0.2) is 178 Å². The van der Waals surface area contributed by atoms with E-state index in [9.17, 15) is 107 Å². The van der Waals surface area contributed by atoms with Gasteiger partial charge in [-0.3, -0.25) is 62.3 Å². The average molecular weight is 1800 g/mol. The van der Waals surface area contributed by atoms with Crippen molar-refractivity contribution in [2.75, 3.05) is 46.3 Å². The van der Waals surface area contributed by atoms with E-state index in [0.717, 1.165) is 46.7 Å². The van der Waals surface area contributed by atoms with E-state index in [0.29, 0.717) is 60.1 Å². The lowest BCUT2D eigenvalue weighted by Crippen LogP contribution is -2.49. The van der Waals surface area contributed by atoms with Crippen molar-refractivity contribution < 1.29 is 121 Å². The van der Waals surface area contributed by atoms with Gasteiger partial charge in [0.05, 0.1) is 102 Å². The van der Waals surface area contributed by atoms with Crippen LogP contribution in [0.4, 0.5) is 0 Å². The molecule has 10 atom stereocenters. The number of carboxylic acid groups (broad SMARTS) is 4. The van der Waals surface area contributed by atoms with Crippen molar-refractivity contribution in [3.8, 4) is 22.8 Å². The molecule has 7 aliphatic rings. The Labute approximate surface area is 746 Å². The molecule has 39 nitrogen and oxygen atoms in total. The first-order valence-electron chi connectivity index (χ1n) is 43.8. The summed E-state index contributed by atoms with van der Waals surface area (Å²) in [6, 6.07) is 22.6. The van der Waals surface area contributed by atoms with Crippen LogP contribution in [0.15, 0.2) is 82.4 Å². The number of carboxylic acids is 4. The van der Waals surface area contributed by atoms with E-state index in [4.69, 9.17) is 34.6 Å². The summed E-state index contributed by atoms with van der Waals surface area (Å²) in [4.78, 5) is 235. The lowest BCUT2D eigenvalue weighted by molar-refractivity contribution is -0.327. The zero-order valence-electron chi connectivity index (χ0n) is 73.4. The highest BCUT2D eigenvalue weighted by molar-refractivity contribution is 5.97. The van der Waals surface area contributed by atoms with Gasteiger partial charge in [0.2, 0.25) is 46.6 Å². The number of rotatable bonds is 38. The van der Waals surface area contributed by atoms with E-state index < -0.39 is 156 Å². The molecule has 0 bridgehead atoms. The number of fused-ring (bicyclic) bond motifs is 10. The Bertz CT molecular complexity index is 5490. The monoisotopic (exact) mass is 1800 g/mol. The SMILES string of the molecule is CCCC(C(=O)[O-])C(CCCC(C(=O)[O-])C(CCCC(C(=O)O)C(C)C(=O)NCC(=O)NCC(=O)NCC(=O)O[C@]1(CC)C(=O)OCc2c1cc1n(c2=O)Cc2cc3ccccc3nc2-1)C(=O)NC1CCC1)C(=O)[O-].CCCC1C(=O)OC(=O)C1C.CC[C@@]1(OC(=O)CNC(=O)CNC(=O)CNC)C(=O)OCc2c1cc1n(c2=O)Cc2cc3ccccc3nc2-1.NC1CCC1. The van der Waals surface area contributed by atoms with Gasteiger partial charge in [-0.25, -0.2) is 19.6 Å². The third kappa shape index (κ3) is 23.3. The number of aliphatic carboxylic acids is 4. The van der Waals surface area contributed by atoms with Crippen molar-refractivity contribution >= 4 is 117 Å². The minimum atomic E-state index is -2.04. The van der Waals surface area contributed by atoms with Gasteiger partial charge in [-0.1, -0.05) is 110 Å². The summed E-state index contributed by atoms with van der Waals surface area (Å²) in [5, 5.41) is 65.1. The molecule has 2 saturated carbocycles. The van der Waals surface area contributed by atoms with Crippen LogP contribution in [0.3, 0.4) is 0 Å². The van der Waals surface area contributed by atoms with E-state index in [1.54, 1.807) is 51.4 Å². The van der Waals surface area contributed by atoms with E-state index in [2.05, 4.69) is 42.0 Å². The van der Waals surface area contributed by atoms with Gasteiger partial charge < -0.3 is 111 Å². The molecule has 4 aromatic heterocycles. The number of benzene rings is 2. The quantitative estimate of drug-likeness (QED) is 0.0145. The minimum absolute atomic E-state index is 0.000502. The van der Waals surface area contributed by atoms with Gasteiger partial charge in [-0.2, -0.15) is 0 Å². The van der Waals surface area contributed by atoms with Gasteiger partial charge in [0, 0.05) is 92.6 Å². The summed E-state index contributed by atoms with van der Waals surface area (Å²) < 4.78 is 29.6. The standard InChI is InChI=1S/C52H64N6O17.C27H27N5O7.C8H12O3.C4H9N/c1-4-11-33(48(67)68)35(50(71)72)18-10-17-34(49(69)70)32(45(63)56-30-13-8-14-30)16-9-15-31(47(65)66)27(3)44(62)55-23-41(60)53-22-40(59)54-24-42(61)75-52(5-2)37-21-39-43-29(20-28-12-6-7-19-38(28)57-43)25-58(39)46(64)36(37)26-74-51(52)73;1-3-27(39-23(35)12-30-22(34)11-29-21(33)10-28-2)18-9-20-24-16(8-15-6-4-5-7-19(15)31-24)13-32(20)25(36)17(18)14-38-26(27)37;1-3-4-6-5(2)7(9)11-8(6)10;5-4-2-1-3-4/h6-7,12,19-21,27,30-35H,4-5,8-11,13-18,22-26H2,1-3H3,(H,53,60)(H,54,59)(H,55,62)(H,56,63)(H,65,66)(H,67,68)(H,69,70)(H,71,72);4-9,28H,3,10-14H2,1-2H3,(H,29,33)(H,30,34);5-6H,3-4H2,1-2H3;4H,1-3,5H2/p-3/t27?,31?,32?,33?,34?,35?,52-;27-;;/m00../s1. The first kappa shape index (κ1) is 99.0. The highest BCUT2D eigenvalue weighted by Crippen LogP contribution is 2.44. The zero-order chi connectivity index (χ0) is 94.6. The lowest BCUT2D eigenvalue weighted by Gasteiger charge is -2.35. The number of carbonyl (C=O) groups excluding carboxylic acids is 15. The number of para-hydroxylation sites is 2. The van der Waals surface area contributed by atoms with E-state index in [1.807, 2.05) is 67.6 Å². The van der Waals surface area contributed by atoms with Gasteiger partial charge in [-0.05, 0) is 127 Å². The molecule has 10 N–H and O–H groups in total. The summed E-state index contributed by atoms with van der Waals surface area (Å²) >= 11 is 0. The van der Waals surface area contributed by atoms with Gasteiger partial charge >= 0.3 is 41.8 Å². The van der Waals surface area contributed by atoms with Crippen LogP contribution in [0.2, 0.25) is 0 Å². The number of hydrogen-bond donors (Lipinski definition) is 9. The number of hydrogen-bond acceptors (Lipinski definition) is 30. The molecule has 698 valence electrons. The highest BCUT2D eigenvalue weighted by atomic mass is 16.6. The molecule has 13 rings (SSSR count). The number of aromatic nitrogens is 4. The number of nitrogens with one attached hydrogen (secondary N) is 7. The van der Waals surface area contributed by atoms with Crippen LogP contribution in [0.5, 0.6) is 0 Å². The van der Waals surface area contributed by atoms with Crippen molar-refractivity contribution in [3.05, 3.63) is 127 Å². The first-order valence-corrected chi connectivity index (χ1v) is 43.8. The van der Waals surface area contributed by atoms with Crippen LogP contribution >= 0.6 is 0 Å². The smallest absolute Gasteiger partial charge is 0.355 e. The average Bonchev–Trinajstić information content (AvgIpc) is 1.54. The third-order valence-electron chi connectivity index (χ3n) is 24.7. The summed E-state index contributed by atoms with van der Waals surface area (Å²) in [5.41, 5.74) is 6.61. The Morgan fingerprint density at radius 2 is 0.954 bits per heavy atom. The molecule has 6 amide bonds. The molecule has 1 saturated heterocycles. The number of carbonyl (C=O) groups is 16. The zero-order valence-corrected chi connectivity index (χ0v) is 73.4. The molecule has 3 fully saturated rings. The first-order chi connectivity index (χ1) is 62.0. The number of pyridine rings is 4. The summed E-state index contributed by atoms with van der Waals surface area (Å²) in [6.45, 7) is 6.87. The number of amides is 6. The molecular weight excluding hydrogens is 1690 g/mol. The minimum Gasteiger partial charge on any atom is -0.550 e. The van der Waals surface area contributed by atoms with Gasteiger partial charge in [0.15, 0.2) is 0 Å². The second-order valence-electron chi connectivity index (χ2n) is 33.3. The van der Waals surface area contributed by atoms with Crippen molar-refractivity contribution in [1.82, 2.24) is 56.3 Å². The van der Waals surface area contributed by atoms with E-state index in [1.165, 1.54) is 30.8 Å². The number of nitrogens with zero attached hydrogens (tertiary/aromatic N) is 4. The van der Waals surface area contributed by atoms with Gasteiger partial charge in [0.25, 0.3) is 11.1 Å². The molecular formula is C91H109N12O27-3. The Balaban J connectivity index is 0.000000260. The second-order valence-corrected chi connectivity index (χ2v) is 33.3. The summed E-state index contributed by atoms with van der Waals surface area (Å²) in [5.74, 6) is -23.4. The number of cyclic esters (lactones) is 4. The number of ether oxygens (including phenoxy) is 5. The van der Waals surface area contributed by atoms with Crippen LogP contribution in [0, 0.1) is 47.3 Å². The van der Waals surface area contributed by atoms with E-state index >= 15 is 0 Å². The lowest BCUT2D eigenvalue weighted by atomic mass is 9.79. The topological polar surface area (TPSA) is 589 Å². The number of esters is 6. The van der Waals surface area contributed by atoms with Crippen LogP contribution in [0.1, 0.15) is 190 Å². The van der Waals surface area contributed by atoms with E-state index in [-0.39, 0.29) is 154 Å². The number of likely N-dealkylation sites (N-methyl/N-ethyl adjacent to an activating group) is 1. The van der Waals surface area contributed by atoms with Crippen molar-refractivity contribution in [1.29, 1.82) is 0 Å². The highest BCUT2D eigenvalue weighted by Gasteiger charge is 2.53. The van der Waals surface area contributed by atoms with Crippen molar-refractivity contribution in [2.45, 2.75) is 207 Å². The molecule has 0 radical (unpaired) electrons. The molecule has 5 aliphatic heterocycles. The Kier molecular flexibility index (Phi) is 34.0. The van der Waals surface area contributed by atoms with Crippen LogP contribution in [-0.2, 0) is 138 Å². The molecule has 6 aromatic rings. The van der Waals surface area contributed by atoms with Gasteiger partial charge in [-0.15, -0.1) is 0 Å². The molecule has 39 heteroatoms. The maximum absolute atomic E-state index is 13.8. The summed E-state index contributed by atoms with van der Waals surface area (Å²) in [6.07, 6.45) is 6.86. The Morgan fingerprint density at radius 3 is 1.35 bits per heavy atom. The van der Waals surface area contributed by atoms with Crippen LogP contribution in [0.25, 0.3) is 44.6 Å². The maximum atomic E-state index is 13.8. The normalized spacial score (nSPS) is 19.0. The largest absolute Gasteiger partial charge is 0.550 e. The molecule has 2 aliphatic carbocycles. The molecule has 8 unspecified atom stereocenters. The molecule has 0 spiro atoms. The molecule has 9 heterocycles. The third-order valence-corrected chi connectivity index (χ3v) is 24.7. The van der Waals surface area contributed by atoms with Crippen molar-refractivity contribution in [2.24, 2.45) is 53.1 Å². The second kappa shape index (κ2) is 44.7. The summed E-state index contributed by atoms with van der Waals surface area (Å²) in [7, 11) is 1.59. The predicted octanol–water partition coefficient (Wildman–Crippen LogP) is 0.542. The van der Waals surface area contributed by atoms with Crippen LogP contribution < -0.4 is 69.4 Å². The Morgan fingerprint density at radius 1 is 0.538 bits per heavy atom. The fourth-order valence-electron chi connectivity index (χ4n) is 16.8. The fraction of sp³-hybridized carbons (Fsp3) is 0.516. The molecule has 130 heavy (non-hydrogen) atoms. The number of nitrogens with two attached hydrogens (primary N) is 1.